The average molecular weight is 416 g/mol. The van der Waals surface area contributed by atoms with Crippen molar-refractivity contribution in [3.63, 3.8) is 0 Å². The van der Waals surface area contributed by atoms with Crippen LogP contribution in [0.2, 0.25) is 0 Å². The second kappa shape index (κ2) is 11.0. The van der Waals surface area contributed by atoms with Crippen LogP contribution in [0.25, 0.3) is 0 Å². The number of amides is 1. The molecular formula is C17H26Cl2F3N3O. The maximum atomic E-state index is 12.6. The zero-order valence-electron chi connectivity index (χ0n) is 14.6. The molecule has 0 aliphatic carbocycles. The second-order valence-electron chi connectivity index (χ2n) is 6.50. The van der Waals surface area contributed by atoms with Gasteiger partial charge in [-0.1, -0.05) is 12.1 Å². The van der Waals surface area contributed by atoms with Gasteiger partial charge in [0.1, 0.15) is 0 Å². The number of nitrogens with zero attached hydrogens (tertiary/aromatic N) is 1. The van der Waals surface area contributed by atoms with Crippen LogP contribution < -0.4 is 11.1 Å². The fourth-order valence-corrected chi connectivity index (χ4v) is 2.81. The molecule has 1 saturated heterocycles. The summed E-state index contributed by atoms with van der Waals surface area (Å²) < 4.78 is 37.7. The molecule has 1 aliphatic rings. The third-order valence-corrected chi connectivity index (χ3v) is 4.15. The summed E-state index contributed by atoms with van der Waals surface area (Å²) >= 11 is 0. The van der Waals surface area contributed by atoms with Crippen LogP contribution >= 0.6 is 24.8 Å². The first-order valence-electron chi connectivity index (χ1n) is 8.17. The summed E-state index contributed by atoms with van der Waals surface area (Å²) in [6.45, 7) is 3.99. The van der Waals surface area contributed by atoms with Crippen molar-refractivity contribution in [2.24, 2.45) is 5.73 Å². The monoisotopic (exact) mass is 415 g/mol. The maximum Gasteiger partial charge on any atom is 0.416 e. The normalized spacial score (nSPS) is 18.6. The molecule has 9 heteroatoms. The van der Waals surface area contributed by atoms with Gasteiger partial charge in [0.25, 0.3) is 0 Å². The molecular weight excluding hydrogens is 390 g/mol. The molecule has 1 amide bonds. The van der Waals surface area contributed by atoms with E-state index >= 15 is 0 Å². The SMILES string of the molecule is CC(N)CCC(=O)NC1CCN(Cc2ccc(C(F)(F)F)cc2)C1.Cl.Cl. The Bertz CT molecular complexity index is 553. The van der Waals surface area contributed by atoms with Crippen molar-refractivity contribution in [1.29, 1.82) is 0 Å². The Hall–Kier alpha value is -1.02. The van der Waals surface area contributed by atoms with E-state index in [9.17, 15) is 18.0 Å². The number of nitrogens with one attached hydrogen (secondary N) is 1. The standard InChI is InChI=1S/C17H24F3N3O.2ClH/c1-12(21)2-7-16(24)22-15-8-9-23(11-15)10-13-3-5-14(6-4-13)17(18,19)20;;/h3-6,12,15H,2,7-11,21H2,1H3,(H,22,24);2*1H. The molecule has 0 aromatic heterocycles. The molecule has 1 heterocycles. The summed E-state index contributed by atoms with van der Waals surface area (Å²) in [6.07, 6.45) is -2.37. The number of rotatable bonds is 6. The van der Waals surface area contributed by atoms with Crippen molar-refractivity contribution in [3.05, 3.63) is 35.4 Å². The number of halogens is 5. The lowest BCUT2D eigenvalue weighted by Crippen LogP contribution is -2.37. The highest BCUT2D eigenvalue weighted by atomic mass is 35.5. The van der Waals surface area contributed by atoms with Crippen LogP contribution in [0.3, 0.4) is 0 Å². The van der Waals surface area contributed by atoms with Gasteiger partial charge in [-0.2, -0.15) is 13.2 Å². The third-order valence-electron chi connectivity index (χ3n) is 4.15. The smallest absolute Gasteiger partial charge is 0.352 e. The lowest BCUT2D eigenvalue weighted by molar-refractivity contribution is -0.137. The minimum atomic E-state index is -4.30. The fraction of sp³-hybridized carbons (Fsp3) is 0.588. The van der Waals surface area contributed by atoms with Crippen molar-refractivity contribution in [2.45, 2.75) is 51.0 Å². The molecule has 2 atom stereocenters. The topological polar surface area (TPSA) is 58.4 Å². The van der Waals surface area contributed by atoms with E-state index in [1.807, 2.05) is 6.92 Å². The van der Waals surface area contributed by atoms with E-state index in [4.69, 9.17) is 5.73 Å². The lowest BCUT2D eigenvalue weighted by Gasteiger charge is -2.17. The molecule has 0 saturated carbocycles. The molecule has 150 valence electrons. The molecule has 3 N–H and O–H groups in total. The first-order valence-corrected chi connectivity index (χ1v) is 8.17. The molecule has 1 fully saturated rings. The van der Waals surface area contributed by atoms with E-state index in [0.717, 1.165) is 30.7 Å². The summed E-state index contributed by atoms with van der Waals surface area (Å²) in [5, 5.41) is 2.99. The van der Waals surface area contributed by atoms with E-state index in [0.29, 0.717) is 25.9 Å². The van der Waals surface area contributed by atoms with Gasteiger partial charge < -0.3 is 11.1 Å². The summed E-state index contributed by atoms with van der Waals surface area (Å²) in [7, 11) is 0. The van der Waals surface area contributed by atoms with Gasteiger partial charge in [0.2, 0.25) is 5.91 Å². The van der Waals surface area contributed by atoms with E-state index < -0.39 is 11.7 Å². The third kappa shape index (κ3) is 8.12. The quantitative estimate of drug-likeness (QED) is 0.748. The molecule has 1 aromatic rings. The average Bonchev–Trinajstić information content (AvgIpc) is 2.92. The summed E-state index contributed by atoms with van der Waals surface area (Å²) in [5.41, 5.74) is 5.84. The summed E-state index contributed by atoms with van der Waals surface area (Å²) in [4.78, 5) is 13.9. The van der Waals surface area contributed by atoms with E-state index in [-0.39, 0.29) is 42.8 Å². The Kier molecular flexibility index (Phi) is 10.5. The van der Waals surface area contributed by atoms with Gasteiger partial charge in [-0.15, -0.1) is 24.8 Å². The number of alkyl halides is 3. The highest BCUT2D eigenvalue weighted by molar-refractivity contribution is 5.85. The zero-order valence-corrected chi connectivity index (χ0v) is 16.2. The van der Waals surface area contributed by atoms with Gasteiger partial charge in [-0.05, 0) is 37.5 Å². The molecule has 1 aliphatic heterocycles. The van der Waals surface area contributed by atoms with Crippen LogP contribution in [0.15, 0.2) is 24.3 Å². The van der Waals surface area contributed by atoms with Gasteiger partial charge >= 0.3 is 6.18 Å². The highest BCUT2D eigenvalue weighted by Crippen LogP contribution is 2.29. The van der Waals surface area contributed by atoms with Crippen molar-refractivity contribution < 1.29 is 18.0 Å². The second-order valence-corrected chi connectivity index (χ2v) is 6.50. The molecule has 1 aromatic carbocycles. The summed E-state index contributed by atoms with van der Waals surface area (Å²) in [6, 6.07) is 5.35. The highest BCUT2D eigenvalue weighted by Gasteiger charge is 2.30. The Morgan fingerprint density at radius 1 is 1.31 bits per heavy atom. The molecule has 4 nitrogen and oxygen atoms in total. The van der Waals surface area contributed by atoms with Gasteiger partial charge in [0.15, 0.2) is 0 Å². The number of likely N-dealkylation sites (tertiary alicyclic amines) is 1. The van der Waals surface area contributed by atoms with Crippen molar-refractivity contribution in [3.8, 4) is 0 Å². The Morgan fingerprint density at radius 3 is 2.46 bits per heavy atom. The van der Waals surface area contributed by atoms with Gasteiger partial charge in [-0.3, -0.25) is 9.69 Å². The first kappa shape index (κ1) is 25.0. The van der Waals surface area contributed by atoms with Gasteiger partial charge in [0.05, 0.1) is 5.56 Å². The maximum absolute atomic E-state index is 12.6. The van der Waals surface area contributed by atoms with Crippen molar-refractivity contribution >= 4 is 30.7 Å². The Balaban J connectivity index is 0.00000312. The molecule has 26 heavy (non-hydrogen) atoms. The van der Waals surface area contributed by atoms with E-state index in [1.165, 1.54) is 12.1 Å². The summed E-state index contributed by atoms with van der Waals surface area (Å²) in [5.74, 6) is 0.00804. The van der Waals surface area contributed by atoms with Crippen molar-refractivity contribution in [2.75, 3.05) is 13.1 Å². The largest absolute Gasteiger partial charge is 0.416 e. The molecule has 0 spiro atoms. The zero-order chi connectivity index (χ0) is 17.7. The van der Waals surface area contributed by atoms with Crippen LogP contribution in [0.1, 0.15) is 37.3 Å². The van der Waals surface area contributed by atoms with Gasteiger partial charge in [0, 0.05) is 38.1 Å². The number of nitrogens with two attached hydrogens (primary N) is 1. The number of carbonyl (C=O) groups excluding carboxylic acids is 1. The molecule has 0 bridgehead atoms. The number of carbonyl (C=O) groups is 1. The molecule has 2 unspecified atom stereocenters. The van der Waals surface area contributed by atoms with Crippen LogP contribution in [0, 0.1) is 0 Å². The Labute approximate surface area is 164 Å². The van der Waals surface area contributed by atoms with Crippen LogP contribution in [0.4, 0.5) is 13.2 Å². The number of benzene rings is 1. The lowest BCUT2D eigenvalue weighted by atomic mass is 10.1. The first-order chi connectivity index (χ1) is 11.2. The predicted octanol–water partition coefficient (Wildman–Crippen LogP) is 3.37. The van der Waals surface area contributed by atoms with Gasteiger partial charge in [-0.25, -0.2) is 0 Å². The van der Waals surface area contributed by atoms with Crippen LogP contribution in [0.5, 0.6) is 0 Å². The minimum absolute atomic E-state index is 0. The minimum Gasteiger partial charge on any atom is -0.352 e. The van der Waals surface area contributed by atoms with Crippen LogP contribution in [-0.2, 0) is 17.5 Å². The number of hydrogen-bond donors (Lipinski definition) is 2. The Morgan fingerprint density at radius 2 is 1.92 bits per heavy atom. The predicted molar refractivity (Wildman–Crippen MR) is 101 cm³/mol. The number of hydrogen-bond acceptors (Lipinski definition) is 3. The fourth-order valence-electron chi connectivity index (χ4n) is 2.81. The van der Waals surface area contributed by atoms with Crippen molar-refractivity contribution in [1.82, 2.24) is 10.2 Å². The van der Waals surface area contributed by atoms with E-state index in [1.54, 1.807) is 0 Å². The van der Waals surface area contributed by atoms with Crippen LogP contribution in [-0.4, -0.2) is 36.0 Å². The molecule has 0 radical (unpaired) electrons. The molecule has 2 rings (SSSR count). The van der Waals surface area contributed by atoms with E-state index in [2.05, 4.69) is 10.2 Å².